The minimum Gasteiger partial charge on any atom is -0.452 e. The van der Waals surface area contributed by atoms with Crippen molar-refractivity contribution in [3.63, 3.8) is 0 Å². The van der Waals surface area contributed by atoms with Gasteiger partial charge in [0.2, 0.25) is 0 Å². The molecule has 0 atom stereocenters. The van der Waals surface area contributed by atoms with Crippen LogP contribution in [-0.2, 0) is 9.53 Å². The molecule has 0 aliphatic rings. The van der Waals surface area contributed by atoms with Crippen LogP contribution in [0.1, 0.15) is 21.5 Å². The van der Waals surface area contributed by atoms with Gasteiger partial charge in [0.15, 0.2) is 6.61 Å². The maximum absolute atomic E-state index is 12.2. The molecule has 0 bridgehead atoms. The van der Waals surface area contributed by atoms with Crippen LogP contribution in [0.25, 0.3) is 11.0 Å². The Bertz CT molecular complexity index is 1100. The van der Waals surface area contributed by atoms with E-state index < -0.39 is 23.4 Å². The van der Waals surface area contributed by atoms with Gasteiger partial charge in [0.05, 0.1) is 21.5 Å². The molecular formula is C19H16N4O5. The first-order valence-corrected chi connectivity index (χ1v) is 8.29. The molecule has 1 amide bonds. The number of carbonyl (C=O) groups is 2. The second-order valence-electron chi connectivity index (χ2n) is 6.04. The van der Waals surface area contributed by atoms with Crippen molar-refractivity contribution in [3.05, 3.63) is 69.5 Å². The van der Waals surface area contributed by atoms with E-state index in [1.54, 1.807) is 26.0 Å². The Morgan fingerprint density at radius 3 is 2.54 bits per heavy atom. The van der Waals surface area contributed by atoms with Crippen molar-refractivity contribution in [2.45, 2.75) is 13.8 Å². The summed E-state index contributed by atoms with van der Waals surface area (Å²) in [5.74, 6) is -1.39. The van der Waals surface area contributed by atoms with Gasteiger partial charge in [0.1, 0.15) is 5.69 Å². The first-order chi connectivity index (χ1) is 13.4. The summed E-state index contributed by atoms with van der Waals surface area (Å²) in [6.07, 6.45) is 3.04. The van der Waals surface area contributed by atoms with E-state index in [1.807, 2.05) is 0 Å². The average molecular weight is 380 g/mol. The lowest BCUT2D eigenvalue weighted by molar-refractivity contribution is -0.384. The van der Waals surface area contributed by atoms with Crippen LogP contribution in [0.5, 0.6) is 0 Å². The van der Waals surface area contributed by atoms with Crippen LogP contribution >= 0.6 is 0 Å². The van der Waals surface area contributed by atoms with Crippen LogP contribution in [0.3, 0.4) is 0 Å². The number of nitrogens with one attached hydrogen (secondary N) is 1. The molecule has 9 heteroatoms. The van der Waals surface area contributed by atoms with Crippen molar-refractivity contribution >= 4 is 34.3 Å². The monoisotopic (exact) mass is 380 g/mol. The minimum atomic E-state index is -0.710. The number of nitro groups is 1. The summed E-state index contributed by atoms with van der Waals surface area (Å²) in [7, 11) is 0. The molecule has 1 heterocycles. The van der Waals surface area contributed by atoms with Crippen LogP contribution in [0.4, 0.5) is 11.4 Å². The number of benzene rings is 2. The van der Waals surface area contributed by atoms with Gasteiger partial charge >= 0.3 is 5.97 Å². The first kappa shape index (κ1) is 18.9. The number of fused-ring (bicyclic) bond motifs is 1. The quantitative estimate of drug-likeness (QED) is 0.410. The van der Waals surface area contributed by atoms with Crippen molar-refractivity contribution in [1.82, 2.24) is 9.97 Å². The zero-order valence-electron chi connectivity index (χ0n) is 15.1. The minimum absolute atomic E-state index is 0.0898. The van der Waals surface area contributed by atoms with Crippen molar-refractivity contribution in [2.75, 3.05) is 11.9 Å². The first-order valence-electron chi connectivity index (χ1n) is 8.29. The van der Waals surface area contributed by atoms with Gasteiger partial charge in [-0.1, -0.05) is 6.07 Å². The summed E-state index contributed by atoms with van der Waals surface area (Å²) in [4.78, 5) is 43.2. The number of hydrogen-bond donors (Lipinski definition) is 1. The van der Waals surface area contributed by atoms with E-state index in [4.69, 9.17) is 4.74 Å². The Kier molecular flexibility index (Phi) is 5.25. The van der Waals surface area contributed by atoms with Crippen molar-refractivity contribution in [2.24, 2.45) is 0 Å². The van der Waals surface area contributed by atoms with Gasteiger partial charge in [0, 0.05) is 18.5 Å². The maximum Gasteiger partial charge on any atom is 0.338 e. The molecule has 0 aliphatic carbocycles. The second-order valence-corrected chi connectivity index (χ2v) is 6.04. The fraction of sp³-hybridized carbons (Fsp3) is 0.158. The molecule has 2 aromatic carbocycles. The Hall–Kier alpha value is -3.88. The highest BCUT2D eigenvalue weighted by Crippen LogP contribution is 2.30. The highest BCUT2D eigenvalue weighted by molar-refractivity contribution is 5.98. The largest absolute Gasteiger partial charge is 0.452 e. The summed E-state index contributed by atoms with van der Waals surface area (Å²) in [6.45, 7) is 2.86. The van der Waals surface area contributed by atoms with Gasteiger partial charge in [-0.2, -0.15) is 0 Å². The van der Waals surface area contributed by atoms with Crippen LogP contribution in [-0.4, -0.2) is 33.4 Å². The molecule has 28 heavy (non-hydrogen) atoms. The van der Waals surface area contributed by atoms with E-state index in [-0.39, 0.29) is 16.9 Å². The molecule has 142 valence electrons. The molecule has 0 radical (unpaired) electrons. The predicted molar refractivity (Wildman–Crippen MR) is 101 cm³/mol. The van der Waals surface area contributed by atoms with Crippen LogP contribution in [0.15, 0.2) is 42.7 Å². The third kappa shape index (κ3) is 3.93. The number of nitrogens with zero attached hydrogens (tertiary/aromatic N) is 3. The smallest absolute Gasteiger partial charge is 0.338 e. The Balaban J connectivity index is 1.69. The van der Waals surface area contributed by atoms with Gasteiger partial charge in [0.25, 0.3) is 11.6 Å². The third-order valence-corrected chi connectivity index (χ3v) is 4.21. The van der Waals surface area contributed by atoms with Gasteiger partial charge < -0.3 is 10.1 Å². The fourth-order valence-electron chi connectivity index (χ4n) is 2.59. The number of ether oxygens (including phenoxy) is 1. The van der Waals surface area contributed by atoms with Gasteiger partial charge in [-0.05, 0) is 43.2 Å². The number of aromatic nitrogens is 2. The third-order valence-electron chi connectivity index (χ3n) is 4.21. The number of hydrogen-bond acceptors (Lipinski definition) is 7. The van der Waals surface area contributed by atoms with E-state index in [1.165, 1.54) is 30.6 Å². The van der Waals surface area contributed by atoms with Crippen LogP contribution in [0.2, 0.25) is 0 Å². The molecule has 0 aliphatic heterocycles. The fourth-order valence-corrected chi connectivity index (χ4v) is 2.59. The molecule has 1 aromatic heterocycles. The SMILES string of the molecule is Cc1ccc([N+](=O)[O-])c(NC(=O)COC(=O)c2ccc3nccnc3c2)c1C. The lowest BCUT2D eigenvalue weighted by Crippen LogP contribution is -2.22. The van der Waals surface area contributed by atoms with E-state index in [9.17, 15) is 19.7 Å². The average Bonchev–Trinajstić information content (AvgIpc) is 2.69. The number of amides is 1. The van der Waals surface area contributed by atoms with E-state index >= 15 is 0 Å². The standard InChI is InChI=1S/C19H16N4O5/c1-11-3-6-16(23(26)27)18(12(11)2)22-17(24)10-28-19(25)13-4-5-14-15(9-13)21-8-7-20-14/h3-9H,10H2,1-2H3,(H,22,24). The maximum atomic E-state index is 12.2. The summed E-state index contributed by atoms with van der Waals surface area (Å²) < 4.78 is 5.01. The van der Waals surface area contributed by atoms with Crippen molar-refractivity contribution in [3.8, 4) is 0 Å². The lowest BCUT2D eigenvalue weighted by Gasteiger charge is -2.11. The molecule has 9 nitrogen and oxygen atoms in total. The van der Waals surface area contributed by atoms with Gasteiger partial charge in [-0.25, -0.2) is 4.79 Å². The highest BCUT2D eigenvalue weighted by Gasteiger charge is 2.20. The number of carbonyl (C=O) groups excluding carboxylic acids is 2. The number of nitro benzene ring substituents is 1. The zero-order chi connectivity index (χ0) is 20.3. The van der Waals surface area contributed by atoms with Gasteiger partial charge in [-0.15, -0.1) is 0 Å². The van der Waals surface area contributed by atoms with Crippen LogP contribution < -0.4 is 5.32 Å². The zero-order valence-corrected chi connectivity index (χ0v) is 15.1. The number of aryl methyl sites for hydroxylation is 1. The number of anilines is 1. The lowest BCUT2D eigenvalue weighted by atomic mass is 10.1. The van der Waals surface area contributed by atoms with Gasteiger partial charge in [-0.3, -0.25) is 24.9 Å². The second kappa shape index (κ2) is 7.78. The Labute approximate surface area is 159 Å². The molecule has 0 fully saturated rings. The highest BCUT2D eigenvalue weighted by atomic mass is 16.6. The van der Waals surface area contributed by atoms with E-state index in [0.29, 0.717) is 16.6 Å². The van der Waals surface area contributed by atoms with Crippen LogP contribution in [0, 0.1) is 24.0 Å². The van der Waals surface area contributed by atoms with E-state index in [0.717, 1.165) is 5.56 Å². The molecule has 3 aromatic rings. The van der Waals surface area contributed by atoms with Crippen molar-refractivity contribution in [1.29, 1.82) is 0 Å². The molecule has 0 saturated carbocycles. The number of esters is 1. The summed E-state index contributed by atoms with van der Waals surface area (Å²) >= 11 is 0. The van der Waals surface area contributed by atoms with E-state index in [2.05, 4.69) is 15.3 Å². The van der Waals surface area contributed by atoms with Crippen molar-refractivity contribution < 1.29 is 19.2 Å². The Morgan fingerprint density at radius 2 is 1.82 bits per heavy atom. The summed E-state index contributed by atoms with van der Waals surface area (Å²) in [5.41, 5.74) is 2.59. The molecule has 1 N–H and O–H groups in total. The number of rotatable bonds is 5. The summed E-state index contributed by atoms with van der Waals surface area (Å²) in [6, 6.07) is 7.58. The molecule has 3 rings (SSSR count). The molecule has 0 saturated heterocycles. The molecule has 0 spiro atoms. The topological polar surface area (TPSA) is 124 Å². The molecular weight excluding hydrogens is 364 g/mol. The summed E-state index contributed by atoms with van der Waals surface area (Å²) in [5, 5.41) is 13.6. The Morgan fingerprint density at radius 1 is 1.11 bits per heavy atom. The predicted octanol–water partition coefficient (Wildman–Crippen LogP) is 2.95. The normalized spacial score (nSPS) is 10.5. The molecule has 0 unspecified atom stereocenters.